The summed E-state index contributed by atoms with van der Waals surface area (Å²) in [4.78, 5) is 11.7. The van der Waals surface area contributed by atoms with Gasteiger partial charge in [-0.3, -0.25) is 4.79 Å². The van der Waals surface area contributed by atoms with Gasteiger partial charge in [0, 0.05) is 6.07 Å². The smallest absolute Gasteiger partial charge is 0.330 e. The largest absolute Gasteiger partial charge is 0.479 e. The van der Waals surface area contributed by atoms with Crippen molar-refractivity contribution in [2.75, 3.05) is 6.61 Å². The molecule has 0 aliphatic carbocycles. The number of terminal acetylenes is 1. The zero-order valence-corrected chi connectivity index (χ0v) is 13.3. The van der Waals surface area contributed by atoms with Gasteiger partial charge in [0.15, 0.2) is 0 Å². The molecular formula is C14H10Cl2N2O2S. The second-order valence-corrected chi connectivity index (χ2v) is 5.85. The maximum atomic E-state index is 12.0. The van der Waals surface area contributed by atoms with Gasteiger partial charge in [-0.15, -0.1) is 6.42 Å². The molecular weight excluding hydrogens is 331 g/mol. The number of allylic oxidation sites excluding steroid dienone is 1. The Hall–Kier alpha value is -1.74. The molecule has 0 aliphatic rings. The van der Waals surface area contributed by atoms with Crippen molar-refractivity contribution in [1.82, 2.24) is 9.78 Å². The van der Waals surface area contributed by atoms with Crippen molar-refractivity contribution in [2.45, 2.75) is 6.92 Å². The van der Waals surface area contributed by atoms with Crippen molar-refractivity contribution in [3.63, 3.8) is 0 Å². The van der Waals surface area contributed by atoms with E-state index in [9.17, 15) is 4.79 Å². The van der Waals surface area contributed by atoms with E-state index in [1.165, 1.54) is 16.8 Å². The Balaban J connectivity index is 2.56. The van der Waals surface area contributed by atoms with E-state index in [0.29, 0.717) is 27.0 Å². The summed E-state index contributed by atoms with van der Waals surface area (Å²) in [5.41, 5.74) is 1.08. The first kappa shape index (κ1) is 15.6. The molecule has 7 heteroatoms. The van der Waals surface area contributed by atoms with Crippen molar-refractivity contribution < 1.29 is 4.74 Å². The van der Waals surface area contributed by atoms with Gasteiger partial charge in [-0.1, -0.05) is 47.0 Å². The number of halogens is 2. The first-order valence-corrected chi connectivity index (χ1v) is 7.33. The predicted molar refractivity (Wildman–Crippen MR) is 86.8 cm³/mol. The molecule has 1 aromatic heterocycles. The number of benzene rings is 1. The van der Waals surface area contributed by atoms with Crippen molar-refractivity contribution >= 4 is 40.1 Å². The van der Waals surface area contributed by atoms with Crippen molar-refractivity contribution in [1.29, 1.82) is 0 Å². The van der Waals surface area contributed by atoms with Gasteiger partial charge in [0.25, 0.3) is 0 Å². The number of hydrogen-bond acceptors (Lipinski definition) is 4. The number of nitrogens with zero attached hydrogens (tertiary/aromatic N) is 2. The molecule has 0 radical (unpaired) electrons. The van der Waals surface area contributed by atoms with E-state index >= 15 is 0 Å². The Kier molecular flexibility index (Phi) is 4.73. The van der Waals surface area contributed by atoms with E-state index in [2.05, 4.69) is 17.6 Å². The maximum absolute atomic E-state index is 12.0. The predicted octanol–water partition coefficient (Wildman–Crippen LogP) is 3.65. The van der Waals surface area contributed by atoms with E-state index in [1.807, 2.05) is 0 Å². The Morgan fingerprint density at radius 2 is 2.24 bits per heavy atom. The number of hydrogen-bond donors (Lipinski definition) is 0. The SMILES string of the molecule is C#CCOc1cc(-n2nc(C(=C)C)sc2=O)c(Cl)cc1Cl. The highest BCUT2D eigenvalue weighted by molar-refractivity contribution is 7.10. The third kappa shape index (κ3) is 3.30. The first-order chi connectivity index (χ1) is 9.93. The average molecular weight is 341 g/mol. The molecule has 0 atom stereocenters. The fraction of sp³-hybridized carbons (Fsp3) is 0.143. The summed E-state index contributed by atoms with van der Waals surface area (Å²) in [6, 6.07) is 3.02. The maximum Gasteiger partial charge on any atom is 0.330 e. The van der Waals surface area contributed by atoms with Crippen molar-refractivity contribution in [3.8, 4) is 23.8 Å². The molecule has 0 saturated heterocycles. The van der Waals surface area contributed by atoms with E-state index in [4.69, 9.17) is 34.4 Å². The van der Waals surface area contributed by atoms with Gasteiger partial charge in [0.2, 0.25) is 0 Å². The third-order valence-corrected chi connectivity index (χ3v) is 4.02. The van der Waals surface area contributed by atoms with Crippen LogP contribution in [0, 0.1) is 12.3 Å². The van der Waals surface area contributed by atoms with Crippen molar-refractivity contribution in [2.24, 2.45) is 0 Å². The van der Waals surface area contributed by atoms with E-state index in [0.717, 1.165) is 11.3 Å². The van der Waals surface area contributed by atoms with E-state index in [-0.39, 0.29) is 16.5 Å². The average Bonchev–Trinajstić information content (AvgIpc) is 2.80. The monoisotopic (exact) mass is 340 g/mol. The van der Waals surface area contributed by atoms with Gasteiger partial charge in [0.1, 0.15) is 17.4 Å². The number of aromatic nitrogens is 2. The number of rotatable bonds is 4. The molecule has 21 heavy (non-hydrogen) atoms. The quantitative estimate of drug-likeness (QED) is 0.798. The third-order valence-electron chi connectivity index (χ3n) is 2.45. The summed E-state index contributed by atoms with van der Waals surface area (Å²) in [5, 5.41) is 5.32. The molecule has 0 bridgehead atoms. The molecule has 4 nitrogen and oxygen atoms in total. The van der Waals surface area contributed by atoms with Crippen LogP contribution in [0.4, 0.5) is 0 Å². The Labute approximate surface area is 135 Å². The lowest BCUT2D eigenvalue weighted by molar-refractivity contribution is 0.370. The lowest BCUT2D eigenvalue weighted by Gasteiger charge is -2.09. The second kappa shape index (κ2) is 6.35. The minimum absolute atomic E-state index is 0.0593. The van der Waals surface area contributed by atoms with Crippen LogP contribution in [0.15, 0.2) is 23.5 Å². The standard InChI is InChI=1S/C14H10Cl2N2O2S/c1-4-5-20-12-7-11(9(15)6-10(12)16)18-14(19)21-13(17-18)8(2)3/h1,6-7H,2,5H2,3H3. The molecule has 1 heterocycles. The van der Waals surface area contributed by atoms with Crippen LogP contribution in [0.25, 0.3) is 11.3 Å². The normalized spacial score (nSPS) is 10.2. The van der Waals surface area contributed by atoms with Crippen LogP contribution in [0.2, 0.25) is 10.0 Å². The molecule has 2 aromatic rings. The Morgan fingerprint density at radius 1 is 1.52 bits per heavy atom. The first-order valence-electron chi connectivity index (χ1n) is 5.75. The van der Waals surface area contributed by atoms with Gasteiger partial charge in [-0.2, -0.15) is 9.78 Å². The summed E-state index contributed by atoms with van der Waals surface area (Å²) in [5.74, 6) is 2.68. The molecule has 0 unspecified atom stereocenters. The summed E-state index contributed by atoms with van der Waals surface area (Å²) >= 11 is 13.1. The summed E-state index contributed by atoms with van der Waals surface area (Å²) in [6.45, 7) is 5.59. The highest BCUT2D eigenvalue weighted by Crippen LogP contribution is 2.32. The zero-order chi connectivity index (χ0) is 15.6. The van der Waals surface area contributed by atoms with Gasteiger partial charge in [-0.25, -0.2) is 0 Å². The lowest BCUT2D eigenvalue weighted by atomic mass is 10.3. The fourth-order valence-electron chi connectivity index (χ4n) is 1.51. The van der Waals surface area contributed by atoms with Crippen LogP contribution in [0.5, 0.6) is 5.75 Å². The second-order valence-electron chi connectivity index (χ2n) is 4.09. The fourth-order valence-corrected chi connectivity index (χ4v) is 2.72. The van der Waals surface area contributed by atoms with Crippen LogP contribution >= 0.6 is 34.5 Å². The highest BCUT2D eigenvalue weighted by Gasteiger charge is 2.15. The zero-order valence-electron chi connectivity index (χ0n) is 11.0. The van der Waals surface area contributed by atoms with Crippen LogP contribution in [-0.4, -0.2) is 16.4 Å². The molecule has 0 saturated carbocycles. The lowest BCUT2D eigenvalue weighted by Crippen LogP contribution is -2.13. The Bertz CT molecular complexity index is 802. The van der Waals surface area contributed by atoms with Crippen LogP contribution < -0.4 is 9.61 Å². The van der Waals surface area contributed by atoms with Gasteiger partial charge in [0.05, 0.1) is 15.7 Å². The number of ether oxygens (including phenoxy) is 1. The Morgan fingerprint density at radius 3 is 2.81 bits per heavy atom. The van der Waals surface area contributed by atoms with E-state index < -0.39 is 0 Å². The van der Waals surface area contributed by atoms with Crippen LogP contribution in [-0.2, 0) is 0 Å². The molecule has 0 N–H and O–H groups in total. The summed E-state index contributed by atoms with van der Waals surface area (Å²) in [6.07, 6.45) is 5.15. The topological polar surface area (TPSA) is 44.1 Å². The van der Waals surface area contributed by atoms with Crippen LogP contribution in [0.1, 0.15) is 11.9 Å². The molecule has 1 aromatic carbocycles. The molecule has 2 rings (SSSR count). The molecule has 0 aliphatic heterocycles. The minimum atomic E-state index is -0.278. The molecule has 0 spiro atoms. The van der Waals surface area contributed by atoms with Crippen LogP contribution in [0.3, 0.4) is 0 Å². The minimum Gasteiger partial charge on any atom is -0.479 e. The molecule has 0 amide bonds. The van der Waals surface area contributed by atoms with Crippen molar-refractivity contribution in [3.05, 3.63) is 43.4 Å². The molecule has 0 fully saturated rings. The highest BCUT2D eigenvalue weighted by atomic mass is 35.5. The van der Waals surface area contributed by atoms with Gasteiger partial charge < -0.3 is 4.74 Å². The van der Waals surface area contributed by atoms with Gasteiger partial charge in [-0.05, 0) is 18.6 Å². The van der Waals surface area contributed by atoms with E-state index in [1.54, 1.807) is 6.92 Å². The summed E-state index contributed by atoms with van der Waals surface area (Å²) in [7, 11) is 0. The molecule has 108 valence electrons. The summed E-state index contributed by atoms with van der Waals surface area (Å²) < 4.78 is 6.50. The van der Waals surface area contributed by atoms with Gasteiger partial charge >= 0.3 is 4.87 Å².